The Kier molecular flexibility index (Phi) is 9.86. The molecule has 3 nitrogen and oxygen atoms in total. The number of anilines is 1. The molecule has 2 rings (SSSR count). The van der Waals surface area contributed by atoms with E-state index in [1.54, 1.807) is 6.20 Å². The van der Waals surface area contributed by atoms with E-state index >= 15 is 0 Å². The fourth-order valence-corrected chi connectivity index (χ4v) is 1.80. The standard InChI is InChI=1S/C14H17N3.2C2H6/c1-10(2)12-8-11(9-17-14(12)15-3)13-6-4-5-7-16-13;2*1-2/h4-10H,1-3H3,(H,15,17);2*1-2H3. The summed E-state index contributed by atoms with van der Waals surface area (Å²) in [6, 6.07) is 8.07. The van der Waals surface area contributed by atoms with Gasteiger partial charge in [-0.25, -0.2) is 4.98 Å². The van der Waals surface area contributed by atoms with Crippen molar-refractivity contribution in [3.05, 3.63) is 42.2 Å². The molecule has 0 atom stereocenters. The van der Waals surface area contributed by atoms with Crippen LogP contribution in [0.1, 0.15) is 53.0 Å². The van der Waals surface area contributed by atoms with Gasteiger partial charge in [-0.15, -0.1) is 0 Å². The molecule has 0 aliphatic heterocycles. The van der Waals surface area contributed by atoms with E-state index in [1.165, 1.54) is 5.56 Å². The second kappa shape index (κ2) is 10.8. The van der Waals surface area contributed by atoms with Crippen LogP contribution in [0.15, 0.2) is 36.7 Å². The fourth-order valence-electron chi connectivity index (χ4n) is 1.80. The van der Waals surface area contributed by atoms with Crippen LogP contribution in [0.5, 0.6) is 0 Å². The van der Waals surface area contributed by atoms with Crippen LogP contribution in [-0.4, -0.2) is 17.0 Å². The summed E-state index contributed by atoms with van der Waals surface area (Å²) in [6.45, 7) is 12.3. The first-order valence-corrected chi connectivity index (χ1v) is 7.81. The van der Waals surface area contributed by atoms with Crippen LogP contribution in [-0.2, 0) is 0 Å². The number of pyridine rings is 2. The fraction of sp³-hybridized carbons (Fsp3) is 0.444. The van der Waals surface area contributed by atoms with E-state index in [4.69, 9.17) is 0 Å². The van der Waals surface area contributed by atoms with Crippen LogP contribution in [0.4, 0.5) is 5.82 Å². The molecule has 1 N–H and O–H groups in total. The molecule has 2 aromatic rings. The van der Waals surface area contributed by atoms with Gasteiger partial charge in [-0.1, -0.05) is 47.6 Å². The quantitative estimate of drug-likeness (QED) is 0.825. The second-order valence-corrected chi connectivity index (χ2v) is 4.28. The third kappa shape index (κ3) is 5.54. The minimum Gasteiger partial charge on any atom is -0.373 e. The van der Waals surface area contributed by atoms with Gasteiger partial charge in [0.1, 0.15) is 5.82 Å². The number of nitrogens with zero attached hydrogens (tertiary/aromatic N) is 2. The highest BCUT2D eigenvalue weighted by molar-refractivity contribution is 5.62. The summed E-state index contributed by atoms with van der Waals surface area (Å²) in [7, 11) is 1.90. The van der Waals surface area contributed by atoms with E-state index in [9.17, 15) is 0 Å². The van der Waals surface area contributed by atoms with Crippen LogP contribution in [0, 0.1) is 0 Å². The smallest absolute Gasteiger partial charge is 0.129 e. The summed E-state index contributed by atoms with van der Waals surface area (Å²) in [5.74, 6) is 1.38. The summed E-state index contributed by atoms with van der Waals surface area (Å²) in [5.41, 5.74) is 3.24. The monoisotopic (exact) mass is 287 g/mol. The molecule has 116 valence electrons. The Hall–Kier alpha value is -1.90. The molecule has 21 heavy (non-hydrogen) atoms. The molecule has 0 fully saturated rings. The summed E-state index contributed by atoms with van der Waals surface area (Å²) in [4.78, 5) is 8.79. The minimum absolute atomic E-state index is 0.439. The van der Waals surface area contributed by atoms with Gasteiger partial charge < -0.3 is 5.32 Å². The lowest BCUT2D eigenvalue weighted by Gasteiger charge is -2.12. The lowest BCUT2D eigenvalue weighted by molar-refractivity contribution is 0.861. The molecule has 0 saturated carbocycles. The van der Waals surface area contributed by atoms with Crippen molar-refractivity contribution in [2.45, 2.75) is 47.5 Å². The van der Waals surface area contributed by atoms with Crippen molar-refractivity contribution in [2.75, 3.05) is 12.4 Å². The molecule has 0 aliphatic carbocycles. The number of rotatable bonds is 3. The molecule has 0 saturated heterocycles. The molecule has 3 heteroatoms. The maximum Gasteiger partial charge on any atom is 0.129 e. The Labute approximate surface area is 129 Å². The van der Waals surface area contributed by atoms with E-state index < -0.39 is 0 Å². The van der Waals surface area contributed by atoms with Crippen molar-refractivity contribution in [3.63, 3.8) is 0 Å². The maximum absolute atomic E-state index is 4.44. The Balaban J connectivity index is 0.000000921. The van der Waals surface area contributed by atoms with Gasteiger partial charge in [0, 0.05) is 25.0 Å². The number of aromatic nitrogens is 2. The van der Waals surface area contributed by atoms with E-state index in [1.807, 2.05) is 59.1 Å². The normalized spacial score (nSPS) is 9.14. The molecule has 0 aromatic carbocycles. The zero-order valence-corrected chi connectivity index (χ0v) is 14.4. The first-order chi connectivity index (χ1) is 10.2. The molecule has 0 unspecified atom stereocenters. The minimum atomic E-state index is 0.439. The Morgan fingerprint density at radius 2 is 1.67 bits per heavy atom. The van der Waals surface area contributed by atoms with E-state index in [0.29, 0.717) is 5.92 Å². The first-order valence-electron chi connectivity index (χ1n) is 7.81. The molecular weight excluding hydrogens is 258 g/mol. The average Bonchev–Trinajstić information content (AvgIpc) is 2.58. The van der Waals surface area contributed by atoms with Crippen molar-refractivity contribution >= 4 is 5.82 Å². The Morgan fingerprint density at radius 1 is 1.00 bits per heavy atom. The van der Waals surface area contributed by atoms with Gasteiger partial charge in [-0.3, -0.25) is 4.98 Å². The van der Waals surface area contributed by atoms with Crippen LogP contribution >= 0.6 is 0 Å². The Morgan fingerprint density at radius 3 is 2.14 bits per heavy atom. The van der Waals surface area contributed by atoms with Crippen LogP contribution in [0.3, 0.4) is 0 Å². The number of hydrogen-bond acceptors (Lipinski definition) is 3. The predicted octanol–water partition coefficient (Wildman–Crippen LogP) is 5.36. The number of hydrogen-bond donors (Lipinski definition) is 1. The van der Waals surface area contributed by atoms with E-state index in [2.05, 4.69) is 35.2 Å². The lowest BCUT2D eigenvalue weighted by atomic mass is 10.0. The van der Waals surface area contributed by atoms with Crippen LogP contribution in [0.2, 0.25) is 0 Å². The zero-order chi connectivity index (χ0) is 16.3. The lowest BCUT2D eigenvalue weighted by Crippen LogP contribution is -2.01. The third-order valence-electron chi connectivity index (χ3n) is 2.74. The van der Waals surface area contributed by atoms with Gasteiger partial charge in [0.05, 0.1) is 5.69 Å². The highest BCUT2D eigenvalue weighted by Gasteiger charge is 2.09. The van der Waals surface area contributed by atoms with Crippen LogP contribution < -0.4 is 5.32 Å². The average molecular weight is 287 g/mol. The summed E-state index contributed by atoms with van der Waals surface area (Å²) >= 11 is 0. The highest BCUT2D eigenvalue weighted by atomic mass is 15.0. The van der Waals surface area contributed by atoms with E-state index in [0.717, 1.165) is 17.1 Å². The zero-order valence-electron chi connectivity index (χ0n) is 14.4. The van der Waals surface area contributed by atoms with Crippen molar-refractivity contribution in [2.24, 2.45) is 0 Å². The summed E-state index contributed by atoms with van der Waals surface area (Å²) in [6.07, 6.45) is 3.66. The van der Waals surface area contributed by atoms with Crippen molar-refractivity contribution in [1.29, 1.82) is 0 Å². The van der Waals surface area contributed by atoms with Gasteiger partial charge in [-0.05, 0) is 29.7 Å². The third-order valence-corrected chi connectivity index (χ3v) is 2.74. The second-order valence-electron chi connectivity index (χ2n) is 4.28. The number of nitrogens with one attached hydrogen (secondary N) is 1. The van der Waals surface area contributed by atoms with Gasteiger partial charge in [-0.2, -0.15) is 0 Å². The topological polar surface area (TPSA) is 37.8 Å². The summed E-state index contributed by atoms with van der Waals surface area (Å²) in [5, 5.41) is 3.12. The molecule has 0 spiro atoms. The maximum atomic E-state index is 4.44. The molecule has 2 aromatic heterocycles. The predicted molar refractivity (Wildman–Crippen MR) is 93.8 cm³/mol. The van der Waals surface area contributed by atoms with Gasteiger partial charge in [0.2, 0.25) is 0 Å². The largest absolute Gasteiger partial charge is 0.373 e. The summed E-state index contributed by atoms with van der Waals surface area (Å²) < 4.78 is 0. The highest BCUT2D eigenvalue weighted by Crippen LogP contribution is 2.26. The molecule has 0 amide bonds. The SMILES string of the molecule is CC.CC.CNc1ncc(-c2ccccn2)cc1C(C)C. The molecule has 0 bridgehead atoms. The molecule has 2 heterocycles. The Bertz CT molecular complexity index is 493. The van der Waals surface area contributed by atoms with Gasteiger partial charge in [0.15, 0.2) is 0 Å². The van der Waals surface area contributed by atoms with Crippen molar-refractivity contribution in [3.8, 4) is 11.3 Å². The molecular formula is C18H29N3. The molecule has 0 aliphatic rings. The van der Waals surface area contributed by atoms with Crippen molar-refractivity contribution in [1.82, 2.24) is 9.97 Å². The van der Waals surface area contributed by atoms with Gasteiger partial charge in [0.25, 0.3) is 0 Å². The van der Waals surface area contributed by atoms with Gasteiger partial charge >= 0.3 is 0 Å². The molecule has 0 radical (unpaired) electrons. The van der Waals surface area contributed by atoms with E-state index in [-0.39, 0.29) is 0 Å². The first kappa shape index (κ1) is 19.1. The van der Waals surface area contributed by atoms with Crippen molar-refractivity contribution < 1.29 is 0 Å². The van der Waals surface area contributed by atoms with Crippen LogP contribution in [0.25, 0.3) is 11.3 Å².